The number of hydrogen-bond donors (Lipinski definition) is 2. The summed E-state index contributed by atoms with van der Waals surface area (Å²) >= 11 is 5.74. The van der Waals surface area contributed by atoms with E-state index in [9.17, 15) is 0 Å². The van der Waals surface area contributed by atoms with Gasteiger partial charge in [-0.2, -0.15) is 9.97 Å². The first-order valence-electron chi connectivity index (χ1n) is 13.6. The van der Waals surface area contributed by atoms with E-state index in [4.69, 9.17) is 21.9 Å². The number of para-hydroxylation sites is 1. The molecule has 194 valence electrons. The highest BCUT2D eigenvalue weighted by molar-refractivity contribution is 7.80. The summed E-state index contributed by atoms with van der Waals surface area (Å²) in [6, 6.07) is 23.0. The molecule has 1 aromatic heterocycles. The molecule has 0 amide bonds. The van der Waals surface area contributed by atoms with E-state index in [1.165, 1.54) is 44.1 Å². The molecule has 2 heterocycles. The number of piperidine rings is 1. The molecule has 3 aromatic rings. The second kappa shape index (κ2) is 11.9. The highest BCUT2D eigenvalue weighted by atomic mass is 32.1. The summed E-state index contributed by atoms with van der Waals surface area (Å²) in [5.41, 5.74) is 1.49. The van der Waals surface area contributed by atoms with Crippen molar-refractivity contribution >= 4 is 29.1 Å². The van der Waals surface area contributed by atoms with Crippen LogP contribution in [0, 0.1) is 0 Å². The fraction of sp³-hybridized carbons (Fsp3) is 0.433. The lowest BCUT2D eigenvalue weighted by molar-refractivity contribution is 0.292. The van der Waals surface area contributed by atoms with E-state index in [1.807, 2.05) is 36.4 Å². The van der Waals surface area contributed by atoms with Crippen LogP contribution in [-0.2, 0) is 5.41 Å². The molecule has 1 saturated carbocycles. The van der Waals surface area contributed by atoms with Gasteiger partial charge < -0.3 is 20.3 Å². The van der Waals surface area contributed by atoms with Gasteiger partial charge in [0.2, 0.25) is 11.8 Å². The van der Waals surface area contributed by atoms with E-state index in [1.54, 1.807) is 0 Å². The Hall–Kier alpha value is -3.19. The molecule has 2 aliphatic rings. The molecule has 2 aromatic carbocycles. The van der Waals surface area contributed by atoms with Gasteiger partial charge in [0.25, 0.3) is 0 Å². The Bertz CT molecular complexity index is 1170. The van der Waals surface area contributed by atoms with Crippen molar-refractivity contribution in [3.63, 3.8) is 0 Å². The summed E-state index contributed by atoms with van der Waals surface area (Å²) in [6.07, 6.45) is 9.69. The zero-order valence-corrected chi connectivity index (χ0v) is 22.5. The topological polar surface area (TPSA) is 62.3 Å². The van der Waals surface area contributed by atoms with E-state index < -0.39 is 0 Å². The highest BCUT2D eigenvalue weighted by Gasteiger charge is 2.34. The summed E-state index contributed by atoms with van der Waals surface area (Å²) < 4.78 is 6.11. The highest BCUT2D eigenvalue weighted by Crippen LogP contribution is 2.39. The zero-order valence-electron chi connectivity index (χ0n) is 21.7. The summed E-state index contributed by atoms with van der Waals surface area (Å²) in [4.78, 5) is 11.9. The Morgan fingerprint density at radius 2 is 1.70 bits per heavy atom. The molecule has 2 N–H and O–H groups in total. The number of anilines is 2. The molecule has 37 heavy (non-hydrogen) atoms. The molecule has 0 spiro atoms. The molecule has 0 radical (unpaired) electrons. The van der Waals surface area contributed by atoms with Gasteiger partial charge in [0, 0.05) is 30.6 Å². The van der Waals surface area contributed by atoms with E-state index in [-0.39, 0.29) is 5.41 Å². The number of aromatic nitrogens is 2. The van der Waals surface area contributed by atoms with Gasteiger partial charge >= 0.3 is 0 Å². The summed E-state index contributed by atoms with van der Waals surface area (Å²) in [6.45, 7) is 4.02. The van der Waals surface area contributed by atoms with Crippen molar-refractivity contribution < 1.29 is 4.74 Å². The number of thiocarbonyl (C=S) groups is 1. The van der Waals surface area contributed by atoms with Gasteiger partial charge in [0.05, 0.1) is 0 Å². The molecule has 0 bridgehead atoms. The Kier molecular flexibility index (Phi) is 8.19. The van der Waals surface area contributed by atoms with Crippen molar-refractivity contribution in [3.8, 4) is 11.6 Å². The number of hydrogen-bond acceptors (Lipinski definition) is 5. The molecule has 2 fully saturated rings. The SMILES string of the molecule is C[C@H]1CCCCN1c1cc(Oc2ccccc2)nc(NC(=S)NCC2(c3ccccc3)CCCCC2)n1. The third-order valence-corrected chi connectivity index (χ3v) is 8.01. The van der Waals surface area contributed by atoms with E-state index in [0.29, 0.717) is 23.0 Å². The first kappa shape index (κ1) is 25.5. The van der Waals surface area contributed by atoms with Crippen molar-refractivity contribution in [2.45, 2.75) is 69.7 Å². The molecule has 1 aliphatic carbocycles. The predicted octanol–water partition coefficient (Wildman–Crippen LogP) is 6.84. The molecule has 0 unspecified atom stereocenters. The summed E-state index contributed by atoms with van der Waals surface area (Å²) in [5.74, 6) is 2.57. The molecule has 1 saturated heterocycles. The van der Waals surface area contributed by atoms with Crippen LogP contribution < -0.4 is 20.3 Å². The maximum Gasteiger partial charge on any atom is 0.234 e. The van der Waals surface area contributed by atoms with Crippen LogP contribution in [-0.4, -0.2) is 34.2 Å². The van der Waals surface area contributed by atoms with Crippen LogP contribution in [0.25, 0.3) is 0 Å². The van der Waals surface area contributed by atoms with Gasteiger partial charge in [-0.3, -0.25) is 0 Å². The average molecular weight is 516 g/mol. The standard InChI is InChI=1S/C30H37N5OS/c1-23-13-9-12-20-35(23)26-21-27(36-25-16-7-3-8-17-25)33-28(32-26)34-29(37)31-22-30(18-10-4-11-19-30)24-14-5-2-6-15-24/h2-3,5-8,14-17,21,23H,4,9-13,18-20,22H2,1H3,(H2,31,32,33,34,37)/t23-/m0/s1. The number of ether oxygens (including phenoxy) is 1. The third-order valence-electron chi connectivity index (χ3n) is 7.76. The molecular weight excluding hydrogens is 478 g/mol. The fourth-order valence-corrected chi connectivity index (χ4v) is 5.86. The van der Waals surface area contributed by atoms with Crippen molar-refractivity contribution in [1.82, 2.24) is 15.3 Å². The number of benzene rings is 2. The molecular formula is C30H37N5OS. The minimum Gasteiger partial charge on any atom is -0.439 e. The van der Waals surface area contributed by atoms with Gasteiger partial charge in [0.15, 0.2) is 5.11 Å². The maximum absolute atomic E-state index is 6.11. The van der Waals surface area contributed by atoms with E-state index in [0.717, 1.165) is 37.5 Å². The lowest BCUT2D eigenvalue weighted by atomic mass is 9.69. The van der Waals surface area contributed by atoms with Crippen LogP contribution in [0.5, 0.6) is 11.6 Å². The Morgan fingerprint density at radius 1 is 0.973 bits per heavy atom. The van der Waals surface area contributed by atoms with Crippen LogP contribution in [0.1, 0.15) is 63.9 Å². The molecule has 7 heteroatoms. The van der Waals surface area contributed by atoms with Gasteiger partial charge in [-0.25, -0.2) is 0 Å². The second-order valence-electron chi connectivity index (χ2n) is 10.4. The van der Waals surface area contributed by atoms with Crippen LogP contribution >= 0.6 is 12.2 Å². The van der Waals surface area contributed by atoms with E-state index in [2.05, 4.69) is 57.8 Å². The summed E-state index contributed by atoms with van der Waals surface area (Å²) in [7, 11) is 0. The minimum absolute atomic E-state index is 0.0960. The van der Waals surface area contributed by atoms with Crippen LogP contribution in [0.2, 0.25) is 0 Å². The first-order chi connectivity index (χ1) is 18.1. The molecule has 5 rings (SSSR count). The van der Waals surface area contributed by atoms with Gasteiger partial charge in [-0.15, -0.1) is 0 Å². The zero-order chi connectivity index (χ0) is 25.5. The molecule has 6 nitrogen and oxygen atoms in total. The smallest absolute Gasteiger partial charge is 0.234 e. The van der Waals surface area contributed by atoms with Crippen LogP contribution in [0.3, 0.4) is 0 Å². The van der Waals surface area contributed by atoms with Crippen molar-refractivity contribution in [2.75, 3.05) is 23.3 Å². The minimum atomic E-state index is 0.0960. The lowest BCUT2D eigenvalue weighted by Gasteiger charge is -2.38. The Balaban J connectivity index is 1.33. The van der Waals surface area contributed by atoms with Crippen LogP contribution in [0.4, 0.5) is 11.8 Å². The number of nitrogens with zero attached hydrogens (tertiary/aromatic N) is 3. The van der Waals surface area contributed by atoms with Gasteiger partial charge in [-0.1, -0.05) is 67.8 Å². The second-order valence-corrected chi connectivity index (χ2v) is 10.8. The molecule has 1 aliphatic heterocycles. The van der Waals surface area contributed by atoms with E-state index >= 15 is 0 Å². The first-order valence-corrected chi connectivity index (χ1v) is 14.0. The molecule has 1 atom stereocenters. The Morgan fingerprint density at radius 3 is 2.43 bits per heavy atom. The average Bonchev–Trinajstić information content (AvgIpc) is 2.94. The maximum atomic E-state index is 6.11. The number of nitrogens with one attached hydrogen (secondary N) is 2. The third kappa shape index (κ3) is 6.39. The van der Waals surface area contributed by atoms with Crippen molar-refractivity contribution in [3.05, 3.63) is 72.3 Å². The summed E-state index contributed by atoms with van der Waals surface area (Å²) in [5, 5.41) is 7.30. The lowest BCUT2D eigenvalue weighted by Crippen LogP contribution is -2.43. The quantitative estimate of drug-likeness (QED) is 0.334. The van der Waals surface area contributed by atoms with Crippen molar-refractivity contribution in [1.29, 1.82) is 0 Å². The Labute approximate surface area is 225 Å². The predicted molar refractivity (Wildman–Crippen MR) is 155 cm³/mol. The number of rotatable bonds is 7. The van der Waals surface area contributed by atoms with Gasteiger partial charge in [0.1, 0.15) is 11.6 Å². The van der Waals surface area contributed by atoms with Crippen molar-refractivity contribution in [2.24, 2.45) is 0 Å². The normalized spacial score (nSPS) is 19.2. The van der Waals surface area contributed by atoms with Crippen LogP contribution in [0.15, 0.2) is 66.7 Å². The fourth-order valence-electron chi connectivity index (χ4n) is 5.70. The van der Waals surface area contributed by atoms with Gasteiger partial charge in [-0.05, 0) is 68.9 Å². The largest absolute Gasteiger partial charge is 0.439 e. The monoisotopic (exact) mass is 515 g/mol.